The fourth-order valence-electron chi connectivity index (χ4n) is 1.69. The monoisotopic (exact) mass is 338 g/mol. The molecule has 0 bridgehead atoms. The summed E-state index contributed by atoms with van der Waals surface area (Å²) in [6, 6.07) is 8.73. The molecule has 0 aliphatic carbocycles. The molecule has 0 aliphatic heterocycles. The number of carboxylic acids is 1. The molecule has 0 fully saturated rings. The Bertz CT molecular complexity index is 564. The van der Waals surface area contributed by atoms with Crippen molar-refractivity contribution in [2.24, 2.45) is 0 Å². The van der Waals surface area contributed by atoms with Crippen LogP contribution in [0.5, 0.6) is 0 Å². The Morgan fingerprint density at radius 3 is 2.50 bits per heavy atom. The van der Waals surface area contributed by atoms with Gasteiger partial charge in [-0.1, -0.05) is 12.1 Å². The van der Waals surface area contributed by atoms with E-state index >= 15 is 0 Å². The van der Waals surface area contributed by atoms with Gasteiger partial charge in [-0.15, -0.1) is 0 Å². The summed E-state index contributed by atoms with van der Waals surface area (Å²) in [5, 5.41) is 18.0. The van der Waals surface area contributed by atoms with Crippen LogP contribution in [0, 0.1) is 11.3 Å². The van der Waals surface area contributed by atoms with Crippen LogP contribution in [0.4, 0.5) is 0 Å². The number of carbonyl (C=O) groups excluding carboxylic acids is 1. The molecule has 5 nitrogen and oxygen atoms in total. The van der Waals surface area contributed by atoms with Crippen molar-refractivity contribution in [3.63, 3.8) is 0 Å². The Balaban J connectivity index is 3.19. The third-order valence-electron chi connectivity index (χ3n) is 2.99. The lowest BCUT2D eigenvalue weighted by atomic mass is 10.0. The molecular formula is C14H15BrN2O3. The molecule has 1 amide bonds. The van der Waals surface area contributed by atoms with Gasteiger partial charge in [0.15, 0.2) is 0 Å². The first-order valence-corrected chi connectivity index (χ1v) is 6.78. The van der Waals surface area contributed by atoms with E-state index in [1.54, 1.807) is 24.3 Å². The van der Waals surface area contributed by atoms with E-state index in [0.29, 0.717) is 10.0 Å². The summed E-state index contributed by atoms with van der Waals surface area (Å²) in [5.74, 6) is -1.53. The van der Waals surface area contributed by atoms with Gasteiger partial charge in [0.05, 0.1) is 18.1 Å². The topological polar surface area (TPSA) is 81.4 Å². The fraction of sp³-hybridized carbons (Fsp3) is 0.357. The highest BCUT2D eigenvalue weighted by atomic mass is 79.9. The van der Waals surface area contributed by atoms with E-state index in [0.717, 1.165) is 0 Å². The minimum Gasteiger partial charge on any atom is -0.480 e. The second kappa shape index (κ2) is 6.53. The maximum Gasteiger partial charge on any atom is 0.329 e. The first-order chi connectivity index (χ1) is 9.32. The molecule has 1 aromatic rings. The van der Waals surface area contributed by atoms with Gasteiger partial charge in [0.25, 0.3) is 5.91 Å². The first kappa shape index (κ1) is 16.2. The first-order valence-electron chi connectivity index (χ1n) is 5.99. The Morgan fingerprint density at radius 2 is 2.00 bits per heavy atom. The van der Waals surface area contributed by atoms with E-state index in [-0.39, 0.29) is 13.0 Å². The minimum absolute atomic E-state index is 0.0654. The molecule has 0 spiro atoms. The maximum atomic E-state index is 12.5. The smallest absolute Gasteiger partial charge is 0.329 e. The van der Waals surface area contributed by atoms with Gasteiger partial charge in [0.2, 0.25) is 0 Å². The number of hydrogen-bond acceptors (Lipinski definition) is 3. The van der Waals surface area contributed by atoms with Crippen LogP contribution in [0.3, 0.4) is 0 Å². The molecule has 0 radical (unpaired) electrons. The lowest BCUT2D eigenvalue weighted by molar-refractivity contribution is -0.147. The zero-order valence-corrected chi connectivity index (χ0v) is 12.8. The molecule has 1 N–H and O–H groups in total. The van der Waals surface area contributed by atoms with Crippen molar-refractivity contribution < 1.29 is 14.7 Å². The van der Waals surface area contributed by atoms with E-state index < -0.39 is 17.4 Å². The summed E-state index contributed by atoms with van der Waals surface area (Å²) < 4.78 is 0.591. The lowest BCUT2D eigenvalue weighted by Gasteiger charge is -2.34. The van der Waals surface area contributed by atoms with Crippen molar-refractivity contribution in [1.29, 1.82) is 5.26 Å². The van der Waals surface area contributed by atoms with Gasteiger partial charge in [0.1, 0.15) is 5.54 Å². The number of amides is 1. The normalized spacial score (nSPS) is 10.7. The van der Waals surface area contributed by atoms with E-state index in [2.05, 4.69) is 15.9 Å². The van der Waals surface area contributed by atoms with Gasteiger partial charge in [-0.05, 0) is 41.9 Å². The second-order valence-electron chi connectivity index (χ2n) is 4.71. The van der Waals surface area contributed by atoms with E-state index in [1.165, 1.54) is 18.7 Å². The van der Waals surface area contributed by atoms with Crippen molar-refractivity contribution >= 4 is 27.8 Å². The molecule has 20 heavy (non-hydrogen) atoms. The molecule has 0 saturated carbocycles. The number of nitriles is 1. The van der Waals surface area contributed by atoms with E-state index in [1.807, 2.05) is 6.07 Å². The van der Waals surface area contributed by atoms with Gasteiger partial charge in [-0.2, -0.15) is 5.26 Å². The van der Waals surface area contributed by atoms with Crippen LogP contribution in [-0.2, 0) is 4.79 Å². The zero-order valence-electron chi connectivity index (χ0n) is 11.3. The number of carbonyl (C=O) groups is 2. The molecule has 0 unspecified atom stereocenters. The highest BCUT2D eigenvalue weighted by Crippen LogP contribution is 2.23. The number of rotatable bonds is 5. The Labute approximate surface area is 125 Å². The molecule has 1 rings (SSSR count). The average Bonchev–Trinajstić information content (AvgIpc) is 2.39. The zero-order chi connectivity index (χ0) is 15.3. The predicted octanol–water partition coefficient (Wildman–Crippen LogP) is 2.67. The quantitative estimate of drug-likeness (QED) is 0.894. The number of halogens is 1. The molecule has 106 valence electrons. The van der Waals surface area contributed by atoms with Crippen molar-refractivity contribution in [3.8, 4) is 6.07 Å². The SMILES string of the molecule is CC(C)(C(=O)O)N(CCC#N)C(=O)c1ccccc1Br. The standard InChI is InChI=1S/C14H15BrN2O3/c1-14(2,13(19)20)17(9-5-8-16)12(18)10-6-3-4-7-11(10)15/h3-4,6-7H,5,9H2,1-2H3,(H,19,20). The summed E-state index contributed by atoms with van der Waals surface area (Å²) in [5.41, 5.74) is -1.01. The largest absolute Gasteiger partial charge is 0.480 e. The van der Waals surface area contributed by atoms with Gasteiger partial charge in [-0.3, -0.25) is 4.79 Å². The predicted molar refractivity (Wildman–Crippen MR) is 77.1 cm³/mol. The molecule has 0 saturated heterocycles. The molecule has 0 aliphatic rings. The lowest BCUT2D eigenvalue weighted by Crippen LogP contribution is -2.53. The van der Waals surface area contributed by atoms with Crippen LogP contribution in [0.2, 0.25) is 0 Å². The van der Waals surface area contributed by atoms with Gasteiger partial charge in [0, 0.05) is 11.0 Å². The van der Waals surface area contributed by atoms with Crippen molar-refractivity contribution in [3.05, 3.63) is 34.3 Å². The van der Waals surface area contributed by atoms with Crippen LogP contribution in [-0.4, -0.2) is 34.0 Å². The highest BCUT2D eigenvalue weighted by Gasteiger charge is 2.38. The third kappa shape index (κ3) is 3.36. The van der Waals surface area contributed by atoms with Crippen molar-refractivity contribution in [2.45, 2.75) is 25.8 Å². The van der Waals surface area contributed by atoms with Crippen molar-refractivity contribution in [1.82, 2.24) is 4.90 Å². The maximum absolute atomic E-state index is 12.5. The number of benzene rings is 1. The summed E-state index contributed by atoms with van der Waals surface area (Å²) in [6.45, 7) is 2.96. The van der Waals surface area contributed by atoms with Crippen LogP contribution in [0.1, 0.15) is 30.6 Å². The number of nitrogens with zero attached hydrogens (tertiary/aromatic N) is 2. The number of carboxylic acid groups (broad SMARTS) is 1. The number of aliphatic carboxylic acids is 1. The highest BCUT2D eigenvalue weighted by molar-refractivity contribution is 9.10. The third-order valence-corrected chi connectivity index (χ3v) is 3.69. The number of hydrogen-bond donors (Lipinski definition) is 1. The molecule has 0 heterocycles. The van der Waals surface area contributed by atoms with Crippen LogP contribution >= 0.6 is 15.9 Å². The summed E-state index contributed by atoms with van der Waals surface area (Å²) in [7, 11) is 0. The molecule has 6 heteroatoms. The minimum atomic E-state index is -1.39. The van der Waals surface area contributed by atoms with Gasteiger partial charge < -0.3 is 10.0 Å². The molecule has 0 atom stereocenters. The van der Waals surface area contributed by atoms with Gasteiger partial charge in [-0.25, -0.2) is 4.79 Å². The Kier molecular flexibility index (Phi) is 5.28. The summed E-state index contributed by atoms with van der Waals surface area (Å²) in [4.78, 5) is 25.1. The van der Waals surface area contributed by atoms with Crippen molar-refractivity contribution in [2.75, 3.05) is 6.54 Å². The molecule has 0 aromatic heterocycles. The summed E-state index contributed by atoms with van der Waals surface area (Å²) in [6.07, 6.45) is 0.0763. The Morgan fingerprint density at radius 1 is 1.40 bits per heavy atom. The summed E-state index contributed by atoms with van der Waals surface area (Å²) >= 11 is 3.28. The van der Waals surface area contributed by atoms with Crippen LogP contribution in [0.25, 0.3) is 0 Å². The van der Waals surface area contributed by atoms with Crippen LogP contribution < -0.4 is 0 Å². The Hall–Kier alpha value is -1.87. The van der Waals surface area contributed by atoms with Crippen LogP contribution in [0.15, 0.2) is 28.7 Å². The van der Waals surface area contributed by atoms with E-state index in [4.69, 9.17) is 5.26 Å². The van der Waals surface area contributed by atoms with Gasteiger partial charge >= 0.3 is 5.97 Å². The molecular weight excluding hydrogens is 324 g/mol. The van der Waals surface area contributed by atoms with E-state index in [9.17, 15) is 14.7 Å². The second-order valence-corrected chi connectivity index (χ2v) is 5.56. The molecule has 1 aromatic carbocycles. The average molecular weight is 339 g/mol. The fourth-order valence-corrected chi connectivity index (χ4v) is 2.15.